The average Bonchev–Trinajstić information content (AvgIpc) is 3.17. The lowest BCUT2D eigenvalue weighted by atomic mass is 10.3. The van der Waals surface area contributed by atoms with Crippen molar-refractivity contribution in [3.63, 3.8) is 0 Å². The van der Waals surface area contributed by atoms with Crippen molar-refractivity contribution in [1.29, 1.82) is 0 Å². The fourth-order valence-electron chi connectivity index (χ4n) is 4.13. The van der Waals surface area contributed by atoms with E-state index in [4.69, 9.17) is 9.15 Å². The highest BCUT2D eigenvalue weighted by Crippen LogP contribution is 2.25. The van der Waals surface area contributed by atoms with Gasteiger partial charge in [0.2, 0.25) is 16.0 Å². The van der Waals surface area contributed by atoms with Crippen LogP contribution in [-0.4, -0.2) is 60.5 Å². The third kappa shape index (κ3) is 4.52. The van der Waals surface area contributed by atoms with E-state index in [0.29, 0.717) is 36.0 Å². The van der Waals surface area contributed by atoms with Gasteiger partial charge in [0.15, 0.2) is 5.58 Å². The molecule has 0 aliphatic carbocycles. The standard InChI is InChI=1S/C24H26N6O5S/c1-16-14-22(26-17-4-6-18(34-3)7-5-17)27-23(25-16)29-10-12-30(13-11-29)36(32,33)19-8-9-21-20(15-19)28(2)24(31)35-21/h4-9,14-15H,10-13H2,1-3H3,(H,25,26,27). The van der Waals surface area contributed by atoms with Crippen molar-refractivity contribution in [2.24, 2.45) is 7.05 Å². The Morgan fingerprint density at radius 1 is 1.00 bits per heavy atom. The van der Waals surface area contributed by atoms with Crippen LogP contribution in [0.4, 0.5) is 17.5 Å². The van der Waals surface area contributed by atoms with Gasteiger partial charge in [0.25, 0.3) is 0 Å². The third-order valence-corrected chi connectivity index (χ3v) is 8.02. The molecule has 1 N–H and O–H groups in total. The van der Waals surface area contributed by atoms with Gasteiger partial charge >= 0.3 is 5.76 Å². The average molecular weight is 511 g/mol. The van der Waals surface area contributed by atoms with Gasteiger partial charge in [0.1, 0.15) is 11.6 Å². The fraction of sp³-hybridized carbons (Fsp3) is 0.292. The Morgan fingerprint density at radius 3 is 2.42 bits per heavy atom. The van der Waals surface area contributed by atoms with Crippen LogP contribution in [0.25, 0.3) is 11.1 Å². The molecule has 1 saturated heterocycles. The largest absolute Gasteiger partial charge is 0.497 e. The highest BCUT2D eigenvalue weighted by molar-refractivity contribution is 7.89. The zero-order valence-corrected chi connectivity index (χ0v) is 20.9. The number of rotatable bonds is 6. The molecule has 0 atom stereocenters. The summed E-state index contributed by atoms with van der Waals surface area (Å²) in [5.41, 5.74) is 2.44. The quantitative estimate of drug-likeness (QED) is 0.417. The summed E-state index contributed by atoms with van der Waals surface area (Å²) in [6, 6.07) is 13.8. The molecule has 4 aromatic rings. The van der Waals surface area contributed by atoms with Crippen LogP contribution in [-0.2, 0) is 17.1 Å². The maximum absolute atomic E-state index is 13.3. The molecule has 36 heavy (non-hydrogen) atoms. The second kappa shape index (κ2) is 9.28. The van der Waals surface area contributed by atoms with Crippen LogP contribution in [0.5, 0.6) is 5.75 Å². The summed E-state index contributed by atoms with van der Waals surface area (Å²) < 4.78 is 39.6. The molecule has 0 radical (unpaired) electrons. The second-order valence-electron chi connectivity index (χ2n) is 8.50. The number of hydrogen-bond acceptors (Lipinski definition) is 9. The molecule has 1 aliphatic rings. The first-order valence-electron chi connectivity index (χ1n) is 11.4. The highest BCUT2D eigenvalue weighted by atomic mass is 32.2. The van der Waals surface area contributed by atoms with Gasteiger partial charge < -0.3 is 19.4 Å². The summed E-state index contributed by atoms with van der Waals surface area (Å²) in [5.74, 6) is 1.42. The Hall–Kier alpha value is -3.90. The van der Waals surface area contributed by atoms with Gasteiger partial charge in [-0.3, -0.25) is 4.57 Å². The molecule has 0 spiro atoms. The maximum Gasteiger partial charge on any atom is 0.419 e. The monoisotopic (exact) mass is 510 g/mol. The number of sulfonamides is 1. The van der Waals surface area contributed by atoms with E-state index in [9.17, 15) is 13.2 Å². The molecule has 1 fully saturated rings. The van der Waals surface area contributed by atoms with Crippen molar-refractivity contribution in [2.75, 3.05) is 43.5 Å². The van der Waals surface area contributed by atoms with Gasteiger partial charge in [-0.25, -0.2) is 18.2 Å². The molecule has 11 nitrogen and oxygen atoms in total. The van der Waals surface area contributed by atoms with Crippen molar-refractivity contribution >= 4 is 38.6 Å². The Morgan fingerprint density at radius 2 is 1.72 bits per heavy atom. The summed E-state index contributed by atoms with van der Waals surface area (Å²) in [6.07, 6.45) is 0. The SMILES string of the molecule is COc1ccc(Nc2cc(C)nc(N3CCN(S(=O)(=O)c4ccc5oc(=O)n(C)c5c4)CC3)n2)cc1. The molecule has 5 rings (SSSR count). The Kier molecular flexibility index (Phi) is 6.14. The van der Waals surface area contributed by atoms with Crippen LogP contribution in [0.15, 0.2) is 62.6 Å². The number of nitrogens with zero attached hydrogens (tertiary/aromatic N) is 5. The maximum atomic E-state index is 13.3. The molecule has 12 heteroatoms. The number of benzene rings is 2. The zero-order valence-electron chi connectivity index (χ0n) is 20.1. The Labute approximate surface area is 208 Å². The molecule has 2 aromatic heterocycles. The van der Waals surface area contributed by atoms with Crippen LogP contribution in [0.3, 0.4) is 0 Å². The van der Waals surface area contributed by atoms with Crippen molar-refractivity contribution in [2.45, 2.75) is 11.8 Å². The molecule has 188 valence electrons. The fourth-order valence-corrected chi connectivity index (χ4v) is 5.57. The van der Waals surface area contributed by atoms with Crippen LogP contribution >= 0.6 is 0 Å². The molecular weight excluding hydrogens is 484 g/mol. The van der Waals surface area contributed by atoms with Gasteiger partial charge in [0.05, 0.1) is 17.5 Å². The van der Waals surface area contributed by atoms with E-state index in [2.05, 4.69) is 15.3 Å². The summed E-state index contributed by atoms with van der Waals surface area (Å²) >= 11 is 0. The van der Waals surface area contributed by atoms with Crippen molar-refractivity contribution in [3.8, 4) is 5.75 Å². The number of methoxy groups -OCH3 is 1. The summed E-state index contributed by atoms with van der Waals surface area (Å²) in [5, 5.41) is 3.28. The minimum atomic E-state index is -3.74. The smallest absolute Gasteiger partial charge is 0.419 e. The predicted molar refractivity (Wildman–Crippen MR) is 135 cm³/mol. The number of anilines is 3. The van der Waals surface area contributed by atoms with Crippen LogP contribution in [0.1, 0.15) is 5.69 Å². The zero-order chi connectivity index (χ0) is 25.4. The van der Waals surface area contributed by atoms with E-state index in [1.807, 2.05) is 42.2 Å². The second-order valence-corrected chi connectivity index (χ2v) is 10.4. The summed E-state index contributed by atoms with van der Waals surface area (Å²) in [6.45, 7) is 3.34. The van der Waals surface area contributed by atoms with E-state index in [0.717, 1.165) is 17.1 Å². The molecule has 0 unspecified atom stereocenters. The van der Waals surface area contributed by atoms with Crippen molar-refractivity contribution in [1.82, 2.24) is 18.8 Å². The van der Waals surface area contributed by atoms with Gasteiger partial charge in [-0.2, -0.15) is 9.29 Å². The Bertz CT molecular complexity index is 1570. The number of aromatic nitrogens is 3. The first kappa shape index (κ1) is 23.8. The number of piperazine rings is 1. The van der Waals surface area contributed by atoms with E-state index >= 15 is 0 Å². The number of fused-ring (bicyclic) bond motifs is 1. The molecule has 0 bridgehead atoms. The van der Waals surface area contributed by atoms with E-state index < -0.39 is 15.8 Å². The van der Waals surface area contributed by atoms with Gasteiger partial charge in [-0.1, -0.05) is 0 Å². The van der Waals surface area contributed by atoms with Crippen LogP contribution < -0.4 is 20.7 Å². The van der Waals surface area contributed by atoms with Crippen LogP contribution in [0.2, 0.25) is 0 Å². The molecule has 1 aliphatic heterocycles. The normalized spacial score (nSPS) is 14.8. The molecular formula is C24H26N6O5S. The van der Waals surface area contributed by atoms with Crippen molar-refractivity contribution in [3.05, 3.63) is 64.8 Å². The third-order valence-electron chi connectivity index (χ3n) is 6.13. The number of hydrogen-bond donors (Lipinski definition) is 1. The number of aryl methyl sites for hydroxylation is 2. The lowest BCUT2D eigenvalue weighted by molar-refractivity contribution is 0.382. The number of oxazole rings is 1. The lowest BCUT2D eigenvalue weighted by Gasteiger charge is -2.34. The van der Waals surface area contributed by atoms with E-state index in [-0.39, 0.29) is 18.0 Å². The summed E-state index contributed by atoms with van der Waals surface area (Å²) in [4.78, 5) is 23.1. The number of nitrogens with one attached hydrogen (secondary N) is 1. The Balaban J connectivity index is 1.30. The van der Waals surface area contributed by atoms with E-state index in [1.165, 1.54) is 27.1 Å². The van der Waals surface area contributed by atoms with Crippen molar-refractivity contribution < 1.29 is 17.6 Å². The highest BCUT2D eigenvalue weighted by Gasteiger charge is 2.30. The topological polar surface area (TPSA) is 123 Å². The first-order chi connectivity index (χ1) is 17.2. The predicted octanol–water partition coefficient (Wildman–Crippen LogP) is 2.49. The molecule has 2 aromatic carbocycles. The van der Waals surface area contributed by atoms with E-state index in [1.54, 1.807) is 14.2 Å². The first-order valence-corrected chi connectivity index (χ1v) is 12.8. The van der Waals surface area contributed by atoms with Gasteiger partial charge in [-0.15, -0.1) is 0 Å². The molecule has 3 heterocycles. The van der Waals surface area contributed by atoms with Gasteiger partial charge in [-0.05, 0) is 49.4 Å². The molecule has 0 saturated carbocycles. The van der Waals surface area contributed by atoms with Gasteiger partial charge in [0, 0.05) is 50.7 Å². The minimum Gasteiger partial charge on any atom is -0.497 e. The van der Waals surface area contributed by atoms with Crippen LogP contribution in [0, 0.1) is 6.92 Å². The lowest BCUT2D eigenvalue weighted by Crippen LogP contribution is -2.49. The summed E-state index contributed by atoms with van der Waals surface area (Å²) in [7, 11) is -0.579. The minimum absolute atomic E-state index is 0.123. The molecule has 0 amide bonds. The number of ether oxygens (including phenoxy) is 1.